The summed E-state index contributed by atoms with van der Waals surface area (Å²) in [5.41, 5.74) is -0.711. The van der Waals surface area contributed by atoms with Gasteiger partial charge in [-0.1, -0.05) is 0 Å². The SMILES string of the molecule is COCCCN1CC(C(=O)O)CNC(C)(C)C1=O. The van der Waals surface area contributed by atoms with E-state index >= 15 is 0 Å². The second kappa shape index (κ2) is 6.15. The van der Waals surface area contributed by atoms with Crippen molar-refractivity contribution in [2.24, 2.45) is 5.92 Å². The van der Waals surface area contributed by atoms with Crippen molar-refractivity contribution in [2.75, 3.05) is 33.4 Å². The first-order valence-corrected chi connectivity index (χ1v) is 6.14. The van der Waals surface area contributed by atoms with Crippen molar-refractivity contribution in [2.45, 2.75) is 25.8 Å². The molecule has 1 aliphatic rings. The molecule has 1 heterocycles. The normalized spacial score (nSPS) is 23.8. The van der Waals surface area contributed by atoms with Crippen molar-refractivity contribution >= 4 is 11.9 Å². The van der Waals surface area contributed by atoms with Gasteiger partial charge in [-0.2, -0.15) is 0 Å². The Kier molecular flexibility index (Phi) is 5.10. The molecule has 1 fully saturated rings. The van der Waals surface area contributed by atoms with E-state index in [1.165, 1.54) is 0 Å². The van der Waals surface area contributed by atoms with Crippen LogP contribution in [0.5, 0.6) is 0 Å². The Labute approximate surface area is 107 Å². The maximum atomic E-state index is 12.3. The number of carbonyl (C=O) groups excluding carboxylic acids is 1. The summed E-state index contributed by atoms with van der Waals surface area (Å²) in [5.74, 6) is -1.48. The fourth-order valence-corrected chi connectivity index (χ4v) is 2.02. The first kappa shape index (κ1) is 14.9. The number of hydrogen-bond acceptors (Lipinski definition) is 4. The van der Waals surface area contributed by atoms with Gasteiger partial charge in [0.05, 0.1) is 11.5 Å². The highest BCUT2D eigenvalue weighted by atomic mass is 16.5. The summed E-state index contributed by atoms with van der Waals surface area (Å²) in [4.78, 5) is 25.0. The van der Waals surface area contributed by atoms with Gasteiger partial charge in [-0.25, -0.2) is 0 Å². The van der Waals surface area contributed by atoms with E-state index in [1.807, 2.05) is 0 Å². The van der Waals surface area contributed by atoms with Gasteiger partial charge in [0, 0.05) is 33.4 Å². The topological polar surface area (TPSA) is 78.9 Å². The number of nitrogens with one attached hydrogen (secondary N) is 1. The summed E-state index contributed by atoms with van der Waals surface area (Å²) < 4.78 is 4.96. The number of methoxy groups -OCH3 is 1. The monoisotopic (exact) mass is 258 g/mol. The zero-order valence-electron chi connectivity index (χ0n) is 11.2. The molecule has 18 heavy (non-hydrogen) atoms. The molecule has 104 valence electrons. The molecule has 6 nitrogen and oxygen atoms in total. The van der Waals surface area contributed by atoms with Gasteiger partial charge in [-0.15, -0.1) is 0 Å². The molecule has 0 radical (unpaired) electrons. The van der Waals surface area contributed by atoms with Crippen LogP contribution >= 0.6 is 0 Å². The highest BCUT2D eigenvalue weighted by Crippen LogP contribution is 2.16. The number of ether oxygens (including phenoxy) is 1. The van der Waals surface area contributed by atoms with Gasteiger partial charge in [-0.05, 0) is 20.3 Å². The van der Waals surface area contributed by atoms with Crippen LogP contribution < -0.4 is 5.32 Å². The second-order valence-corrected chi connectivity index (χ2v) is 5.14. The Morgan fingerprint density at radius 1 is 1.61 bits per heavy atom. The number of amides is 1. The van der Waals surface area contributed by atoms with Crippen LogP contribution in [0.1, 0.15) is 20.3 Å². The zero-order chi connectivity index (χ0) is 13.8. The van der Waals surface area contributed by atoms with E-state index in [-0.39, 0.29) is 12.5 Å². The average molecular weight is 258 g/mol. The standard InChI is InChI=1S/C12H22N2O4/c1-12(2)11(17)14(5-4-6-18-3)8-9(7-13-12)10(15)16/h9,13H,4-8H2,1-3H3,(H,15,16). The fraction of sp³-hybridized carbons (Fsp3) is 0.833. The van der Waals surface area contributed by atoms with Crippen molar-refractivity contribution in [3.05, 3.63) is 0 Å². The molecular formula is C12H22N2O4. The number of nitrogens with zero attached hydrogens (tertiary/aromatic N) is 1. The lowest BCUT2D eigenvalue weighted by atomic mass is 10.0. The Balaban J connectivity index is 2.74. The molecule has 1 rings (SSSR count). The molecule has 0 bridgehead atoms. The molecule has 0 aliphatic carbocycles. The Morgan fingerprint density at radius 3 is 2.83 bits per heavy atom. The molecule has 1 saturated heterocycles. The number of rotatable bonds is 5. The largest absolute Gasteiger partial charge is 0.481 e. The molecule has 1 aliphatic heterocycles. The minimum absolute atomic E-state index is 0.0534. The highest BCUT2D eigenvalue weighted by Gasteiger charge is 2.38. The average Bonchev–Trinajstić information content (AvgIpc) is 2.40. The maximum absolute atomic E-state index is 12.3. The van der Waals surface area contributed by atoms with Crippen LogP contribution in [0.4, 0.5) is 0 Å². The predicted octanol–water partition coefficient (Wildman–Crippen LogP) is -0.0659. The van der Waals surface area contributed by atoms with Crippen LogP contribution in [-0.2, 0) is 14.3 Å². The third-order valence-electron chi connectivity index (χ3n) is 3.18. The van der Waals surface area contributed by atoms with Gasteiger partial charge >= 0.3 is 5.97 Å². The maximum Gasteiger partial charge on any atom is 0.309 e. The Bertz CT molecular complexity index is 317. The summed E-state index contributed by atoms with van der Waals surface area (Å²) in [6.45, 7) is 5.23. The molecule has 1 amide bonds. The second-order valence-electron chi connectivity index (χ2n) is 5.14. The number of hydrogen-bond donors (Lipinski definition) is 2. The van der Waals surface area contributed by atoms with Gasteiger partial charge in [0.15, 0.2) is 0 Å². The van der Waals surface area contributed by atoms with Crippen molar-refractivity contribution < 1.29 is 19.4 Å². The van der Waals surface area contributed by atoms with E-state index in [9.17, 15) is 9.59 Å². The molecule has 0 spiro atoms. The van der Waals surface area contributed by atoms with E-state index in [2.05, 4.69) is 5.32 Å². The lowest BCUT2D eigenvalue weighted by Crippen LogP contribution is -2.51. The summed E-state index contributed by atoms with van der Waals surface area (Å²) in [7, 11) is 1.61. The van der Waals surface area contributed by atoms with Gasteiger partial charge in [0.25, 0.3) is 0 Å². The molecule has 2 N–H and O–H groups in total. The van der Waals surface area contributed by atoms with E-state index in [0.717, 1.165) is 0 Å². The van der Waals surface area contributed by atoms with Crippen LogP contribution in [0.2, 0.25) is 0 Å². The van der Waals surface area contributed by atoms with Crippen LogP contribution in [0.3, 0.4) is 0 Å². The lowest BCUT2D eigenvalue weighted by molar-refractivity contribution is -0.142. The molecule has 1 atom stereocenters. The molecule has 0 aromatic heterocycles. The first-order chi connectivity index (χ1) is 8.38. The van der Waals surface area contributed by atoms with Crippen LogP contribution in [0.25, 0.3) is 0 Å². The van der Waals surface area contributed by atoms with E-state index < -0.39 is 17.4 Å². The van der Waals surface area contributed by atoms with Crippen LogP contribution in [0, 0.1) is 5.92 Å². The summed E-state index contributed by atoms with van der Waals surface area (Å²) >= 11 is 0. The quantitative estimate of drug-likeness (QED) is 0.675. The number of carboxylic acid groups (broad SMARTS) is 1. The highest BCUT2D eigenvalue weighted by molar-refractivity contribution is 5.86. The number of carboxylic acids is 1. The van der Waals surface area contributed by atoms with Crippen molar-refractivity contribution in [3.63, 3.8) is 0 Å². The summed E-state index contributed by atoms with van der Waals surface area (Å²) in [6, 6.07) is 0. The van der Waals surface area contributed by atoms with Gasteiger partial charge in [-0.3, -0.25) is 9.59 Å². The Hall–Kier alpha value is -1.14. The van der Waals surface area contributed by atoms with Gasteiger partial charge in [0.2, 0.25) is 5.91 Å². The third kappa shape index (κ3) is 3.68. The number of aliphatic carboxylic acids is 1. The molecule has 6 heteroatoms. The molecular weight excluding hydrogens is 236 g/mol. The summed E-state index contributed by atoms with van der Waals surface area (Å²) in [5, 5.41) is 12.1. The Morgan fingerprint density at radius 2 is 2.28 bits per heavy atom. The minimum atomic E-state index is -0.871. The van der Waals surface area contributed by atoms with Crippen molar-refractivity contribution in [3.8, 4) is 0 Å². The van der Waals surface area contributed by atoms with E-state index in [1.54, 1.807) is 25.9 Å². The van der Waals surface area contributed by atoms with Crippen LogP contribution in [-0.4, -0.2) is 60.8 Å². The lowest BCUT2D eigenvalue weighted by Gasteiger charge is -2.29. The third-order valence-corrected chi connectivity index (χ3v) is 3.18. The smallest absolute Gasteiger partial charge is 0.309 e. The van der Waals surface area contributed by atoms with E-state index in [0.29, 0.717) is 26.1 Å². The molecule has 0 aromatic carbocycles. The van der Waals surface area contributed by atoms with Gasteiger partial charge in [0.1, 0.15) is 0 Å². The van der Waals surface area contributed by atoms with Gasteiger partial charge < -0.3 is 20.1 Å². The van der Waals surface area contributed by atoms with E-state index in [4.69, 9.17) is 9.84 Å². The fourth-order valence-electron chi connectivity index (χ4n) is 2.02. The van der Waals surface area contributed by atoms with Crippen molar-refractivity contribution in [1.82, 2.24) is 10.2 Å². The molecule has 1 unspecified atom stereocenters. The predicted molar refractivity (Wildman–Crippen MR) is 66.3 cm³/mol. The minimum Gasteiger partial charge on any atom is -0.481 e. The zero-order valence-corrected chi connectivity index (χ0v) is 11.2. The number of carbonyl (C=O) groups is 2. The summed E-state index contributed by atoms with van der Waals surface area (Å²) in [6.07, 6.45) is 0.713. The molecule has 0 aromatic rings. The van der Waals surface area contributed by atoms with Crippen LogP contribution in [0.15, 0.2) is 0 Å². The van der Waals surface area contributed by atoms with Crippen molar-refractivity contribution in [1.29, 1.82) is 0 Å². The molecule has 0 saturated carbocycles. The first-order valence-electron chi connectivity index (χ1n) is 6.14.